The van der Waals surface area contributed by atoms with E-state index in [1.165, 1.54) is 0 Å². The highest BCUT2D eigenvalue weighted by Crippen LogP contribution is 1.65. The molecular formula is C2H14BN3O2. The van der Waals surface area contributed by atoms with Crippen LogP contribution >= 0.6 is 0 Å². The van der Waals surface area contributed by atoms with Crippen molar-refractivity contribution in [1.29, 1.82) is 0 Å². The van der Waals surface area contributed by atoms with E-state index in [1.807, 2.05) is 0 Å². The number of rotatable bonds is 2. The van der Waals surface area contributed by atoms with Crippen LogP contribution in [-0.4, -0.2) is 13.7 Å². The Hall–Kier alpha value is -0.135. The number of hydrogen-bond acceptors (Lipinski definition) is 3. The molecule has 0 saturated carbocycles. The lowest BCUT2D eigenvalue weighted by Crippen LogP contribution is -2.45. The van der Waals surface area contributed by atoms with Gasteiger partial charge in [-0.2, -0.15) is 0 Å². The third-order valence-corrected chi connectivity index (χ3v) is 0.402. The van der Waals surface area contributed by atoms with Crippen LogP contribution in [0.1, 0.15) is 0 Å². The molecule has 52 valence electrons. The fourth-order valence-electron chi connectivity index (χ4n) is 0.136. The first-order valence-corrected chi connectivity index (χ1v) is 1.79. The maximum atomic E-state index is 9.49. The highest BCUT2D eigenvalue weighted by atomic mass is 16.4. The predicted octanol–water partition coefficient (Wildman–Crippen LogP) is -2.09. The van der Waals surface area contributed by atoms with Crippen LogP contribution in [0.2, 0.25) is 6.32 Å². The summed E-state index contributed by atoms with van der Waals surface area (Å²) in [4.78, 5) is 0. The van der Waals surface area contributed by atoms with Gasteiger partial charge in [-0.25, -0.2) is 0 Å². The van der Waals surface area contributed by atoms with Gasteiger partial charge in [-0.1, -0.05) is 0 Å². The van der Waals surface area contributed by atoms with Gasteiger partial charge in [0, 0.05) is 0 Å². The molecule has 0 atom stereocenters. The fraction of sp³-hybridized carbons (Fsp3) is 1.00. The minimum absolute atomic E-state index is 0. The summed E-state index contributed by atoms with van der Waals surface area (Å²) in [7, 11) is -1.73. The standard InChI is InChI=1S/C2H6BNO2.2H3N/c4-2-1-3(5)6;;/h1-2,4H2;2*1H3/q-2;;/p+2. The summed E-state index contributed by atoms with van der Waals surface area (Å²) in [6.45, 7) is 0.206. The molecule has 0 bridgehead atoms. The van der Waals surface area contributed by atoms with E-state index in [-0.39, 0.29) is 25.2 Å². The van der Waals surface area contributed by atoms with Crippen LogP contribution in [0.3, 0.4) is 0 Å². The fourth-order valence-corrected chi connectivity index (χ4v) is 0.136. The van der Waals surface area contributed by atoms with Gasteiger partial charge in [0.2, 0.25) is 0 Å². The summed E-state index contributed by atoms with van der Waals surface area (Å²) in [6, 6.07) is 0. The van der Waals surface area contributed by atoms with E-state index in [9.17, 15) is 10.0 Å². The zero-order valence-corrected chi connectivity index (χ0v) is 5.39. The third kappa shape index (κ3) is 16.9. The zero-order chi connectivity index (χ0) is 4.99. The van der Waals surface area contributed by atoms with E-state index in [0.717, 1.165) is 0 Å². The number of hydrogen-bond donors (Lipinski definition) is 3. The second-order valence-electron chi connectivity index (χ2n) is 1.01. The quantitative estimate of drug-likeness (QED) is 0.361. The molecule has 0 aliphatic heterocycles. The van der Waals surface area contributed by atoms with E-state index in [0.29, 0.717) is 0 Å². The van der Waals surface area contributed by atoms with Gasteiger partial charge >= 0.3 is 0 Å². The summed E-state index contributed by atoms with van der Waals surface area (Å²) in [6.07, 6.45) is 0.0417. The molecule has 10 N–H and O–H groups in total. The SMILES string of the molecule is NCCB([O-])[O-].[NH4+].[NH4+]. The maximum Gasteiger partial charge on any atom is -0.0174 e. The molecule has 6 heteroatoms. The van der Waals surface area contributed by atoms with Crippen LogP contribution < -0.4 is 28.1 Å². The first-order chi connectivity index (χ1) is 2.77. The smallest absolute Gasteiger partial charge is 0.0174 e. The average Bonchev–Trinajstić information content (AvgIpc) is 1.35. The molecule has 0 aromatic heterocycles. The lowest BCUT2D eigenvalue weighted by atomic mass is 9.87. The van der Waals surface area contributed by atoms with Crippen molar-refractivity contribution in [3.8, 4) is 0 Å². The summed E-state index contributed by atoms with van der Waals surface area (Å²) in [5.74, 6) is 0. The Morgan fingerprint density at radius 2 is 1.62 bits per heavy atom. The highest BCUT2D eigenvalue weighted by Gasteiger charge is 1.69. The monoisotopic (exact) mass is 123 g/mol. The van der Waals surface area contributed by atoms with Crippen LogP contribution in [0, 0.1) is 0 Å². The normalized spacial score (nSPS) is 6.38. The van der Waals surface area contributed by atoms with Gasteiger partial charge in [0.25, 0.3) is 0 Å². The Balaban J connectivity index is -0.000000125. The highest BCUT2D eigenvalue weighted by molar-refractivity contribution is 6.37. The molecule has 0 heterocycles. The van der Waals surface area contributed by atoms with Gasteiger partial charge in [-0.3, -0.25) is 0 Å². The largest absolute Gasteiger partial charge is 0.893 e. The first-order valence-electron chi connectivity index (χ1n) is 1.79. The molecule has 0 unspecified atom stereocenters. The summed E-state index contributed by atoms with van der Waals surface area (Å²) < 4.78 is 0. The molecule has 0 rings (SSSR count). The molecule has 0 amide bonds. The third-order valence-electron chi connectivity index (χ3n) is 0.402. The molecule has 0 fully saturated rings. The minimum atomic E-state index is -1.73. The molecule has 0 aromatic rings. The lowest BCUT2D eigenvalue weighted by molar-refractivity contribution is -0.348. The topological polar surface area (TPSA) is 145 Å². The molecule has 0 saturated heterocycles. The van der Waals surface area contributed by atoms with E-state index in [2.05, 4.69) is 0 Å². The van der Waals surface area contributed by atoms with Crippen LogP contribution in [0.4, 0.5) is 0 Å². The summed E-state index contributed by atoms with van der Waals surface area (Å²) in [5.41, 5.74) is 4.83. The summed E-state index contributed by atoms with van der Waals surface area (Å²) >= 11 is 0. The van der Waals surface area contributed by atoms with Crippen LogP contribution in [0.25, 0.3) is 0 Å². The Labute approximate surface area is 49.2 Å². The molecule has 5 nitrogen and oxygen atoms in total. The molecular weight excluding hydrogens is 109 g/mol. The van der Waals surface area contributed by atoms with Crippen molar-refractivity contribution < 1.29 is 10.0 Å². The summed E-state index contributed by atoms with van der Waals surface area (Å²) in [5, 5.41) is 19.0. The molecule has 0 spiro atoms. The number of quaternary nitrogens is 2. The van der Waals surface area contributed by atoms with Gasteiger partial charge in [0.15, 0.2) is 0 Å². The Bertz CT molecular complexity index is 36.5. The van der Waals surface area contributed by atoms with Crippen molar-refractivity contribution in [2.24, 2.45) is 5.73 Å². The van der Waals surface area contributed by atoms with E-state index in [1.54, 1.807) is 0 Å². The molecule has 0 aliphatic carbocycles. The van der Waals surface area contributed by atoms with Gasteiger partial charge < -0.3 is 28.1 Å². The van der Waals surface area contributed by atoms with Crippen molar-refractivity contribution in [3.05, 3.63) is 0 Å². The van der Waals surface area contributed by atoms with E-state index < -0.39 is 7.12 Å². The van der Waals surface area contributed by atoms with Gasteiger partial charge in [-0.15, -0.1) is 13.4 Å². The van der Waals surface area contributed by atoms with E-state index >= 15 is 0 Å². The average molecular weight is 123 g/mol. The molecule has 0 aromatic carbocycles. The molecule has 0 aliphatic rings. The van der Waals surface area contributed by atoms with Gasteiger partial charge in [0.05, 0.1) is 0 Å². The minimum Gasteiger partial charge on any atom is -0.893 e. The van der Waals surface area contributed by atoms with Crippen LogP contribution in [0.5, 0.6) is 0 Å². The Kier molecular flexibility index (Phi) is 19.5. The second kappa shape index (κ2) is 9.98. The number of nitrogens with two attached hydrogens (primary N) is 1. The molecule has 8 heavy (non-hydrogen) atoms. The molecule has 0 radical (unpaired) electrons. The van der Waals surface area contributed by atoms with Crippen molar-refractivity contribution >= 4 is 7.12 Å². The van der Waals surface area contributed by atoms with Crippen molar-refractivity contribution in [3.63, 3.8) is 0 Å². The van der Waals surface area contributed by atoms with E-state index in [4.69, 9.17) is 5.73 Å². The Morgan fingerprint density at radius 1 is 1.25 bits per heavy atom. The van der Waals surface area contributed by atoms with Crippen LogP contribution in [0.15, 0.2) is 0 Å². The van der Waals surface area contributed by atoms with Crippen molar-refractivity contribution in [2.75, 3.05) is 6.54 Å². The maximum absolute atomic E-state index is 9.49. The first kappa shape index (κ1) is 15.7. The Morgan fingerprint density at radius 3 is 1.62 bits per heavy atom. The second-order valence-corrected chi connectivity index (χ2v) is 1.01. The van der Waals surface area contributed by atoms with Gasteiger partial charge in [-0.05, 0) is 6.54 Å². The van der Waals surface area contributed by atoms with Crippen molar-refractivity contribution in [1.82, 2.24) is 12.3 Å². The lowest BCUT2D eigenvalue weighted by Gasteiger charge is -2.24. The van der Waals surface area contributed by atoms with Gasteiger partial charge in [0.1, 0.15) is 0 Å². The predicted molar refractivity (Wildman–Crippen MR) is 31.6 cm³/mol. The van der Waals surface area contributed by atoms with Crippen molar-refractivity contribution in [2.45, 2.75) is 6.32 Å². The van der Waals surface area contributed by atoms with Crippen LogP contribution in [-0.2, 0) is 0 Å². The zero-order valence-electron chi connectivity index (χ0n) is 5.39.